The van der Waals surface area contributed by atoms with Gasteiger partial charge >= 0.3 is 0 Å². The van der Waals surface area contributed by atoms with Gasteiger partial charge in [-0.1, -0.05) is 13.8 Å². The van der Waals surface area contributed by atoms with E-state index in [-0.39, 0.29) is 6.10 Å². The van der Waals surface area contributed by atoms with Crippen LogP contribution >= 0.6 is 0 Å². The molecule has 2 heteroatoms. The van der Waals surface area contributed by atoms with Crippen molar-refractivity contribution in [3.8, 4) is 0 Å². The van der Waals surface area contributed by atoms with Crippen LogP contribution in [0, 0.1) is 11.8 Å². The van der Waals surface area contributed by atoms with Crippen molar-refractivity contribution in [1.29, 1.82) is 0 Å². The van der Waals surface area contributed by atoms with Gasteiger partial charge in [-0.3, -0.25) is 4.90 Å². The number of hydrogen-bond acceptors (Lipinski definition) is 2. The van der Waals surface area contributed by atoms with Crippen LogP contribution in [-0.2, 0) is 0 Å². The van der Waals surface area contributed by atoms with E-state index in [0.717, 1.165) is 18.3 Å². The molecule has 1 heterocycles. The normalized spacial score (nSPS) is 37.9. The summed E-state index contributed by atoms with van der Waals surface area (Å²) in [6, 6.07) is 0.478. The predicted octanol–water partition coefficient (Wildman–Crippen LogP) is 2.66. The maximum absolute atomic E-state index is 9.97. The van der Waals surface area contributed by atoms with E-state index in [9.17, 15) is 5.11 Å². The molecule has 0 aromatic carbocycles. The molecule has 1 N–H and O–H groups in total. The number of rotatable bonds is 2. The van der Waals surface area contributed by atoms with Gasteiger partial charge in [0.1, 0.15) is 0 Å². The fourth-order valence-corrected chi connectivity index (χ4v) is 3.49. The third-order valence-corrected chi connectivity index (χ3v) is 4.66. The fourth-order valence-electron chi connectivity index (χ4n) is 3.49. The summed E-state index contributed by atoms with van der Waals surface area (Å²) in [6.45, 7) is 7.13. The Morgan fingerprint density at radius 3 is 2.44 bits per heavy atom. The molecule has 1 unspecified atom stereocenters. The molecular weight excluding hydrogens is 198 g/mol. The minimum Gasteiger partial charge on any atom is -0.391 e. The summed E-state index contributed by atoms with van der Waals surface area (Å²) in [5, 5.41) is 9.97. The number of aliphatic hydroxyl groups excluding tert-OH is 1. The lowest BCUT2D eigenvalue weighted by atomic mass is 9.89. The Morgan fingerprint density at radius 2 is 1.81 bits per heavy atom. The second-order valence-electron chi connectivity index (χ2n) is 6.04. The summed E-state index contributed by atoms with van der Waals surface area (Å²) >= 11 is 0. The Labute approximate surface area is 100 Å². The van der Waals surface area contributed by atoms with Crippen molar-refractivity contribution >= 4 is 0 Å². The largest absolute Gasteiger partial charge is 0.391 e. The lowest BCUT2D eigenvalue weighted by molar-refractivity contribution is 0.0717. The highest BCUT2D eigenvalue weighted by molar-refractivity contribution is 4.86. The molecule has 2 nitrogen and oxygen atoms in total. The maximum Gasteiger partial charge on any atom is 0.0695 e. The Hall–Kier alpha value is -0.0800. The average molecular weight is 225 g/mol. The van der Waals surface area contributed by atoms with Gasteiger partial charge in [0, 0.05) is 6.04 Å². The summed E-state index contributed by atoms with van der Waals surface area (Å²) in [7, 11) is 0. The molecule has 1 aliphatic carbocycles. The van der Waals surface area contributed by atoms with E-state index >= 15 is 0 Å². The first kappa shape index (κ1) is 12.4. The minimum atomic E-state index is -0.0457. The van der Waals surface area contributed by atoms with Crippen LogP contribution in [0.15, 0.2) is 0 Å². The Morgan fingerprint density at radius 1 is 1.00 bits per heavy atom. The zero-order valence-corrected chi connectivity index (χ0v) is 10.9. The van der Waals surface area contributed by atoms with Crippen LogP contribution in [0.5, 0.6) is 0 Å². The lowest BCUT2D eigenvalue weighted by Gasteiger charge is -2.30. The first-order chi connectivity index (χ1) is 7.68. The van der Waals surface area contributed by atoms with Crippen molar-refractivity contribution < 1.29 is 5.11 Å². The zero-order valence-electron chi connectivity index (χ0n) is 10.9. The van der Waals surface area contributed by atoms with Crippen LogP contribution in [0.2, 0.25) is 0 Å². The van der Waals surface area contributed by atoms with Gasteiger partial charge in [-0.15, -0.1) is 0 Å². The van der Waals surface area contributed by atoms with Crippen molar-refractivity contribution in [2.24, 2.45) is 11.8 Å². The highest BCUT2D eigenvalue weighted by Gasteiger charge is 2.32. The van der Waals surface area contributed by atoms with Gasteiger partial charge in [0.2, 0.25) is 0 Å². The van der Waals surface area contributed by atoms with Gasteiger partial charge in [-0.25, -0.2) is 0 Å². The van der Waals surface area contributed by atoms with Gasteiger partial charge in [0.25, 0.3) is 0 Å². The van der Waals surface area contributed by atoms with Crippen LogP contribution < -0.4 is 0 Å². The third-order valence-electron chi connectivity index (χ3n) is 4.66. The van der Waals surface area contributed by atoms with E-state index in [0.29, 0.717) is 6.04 Å². The van der Waals surface area contributed by atoms with Crippen molar-refractivity contribution in [2.45, 2.75) is 64.5 Å². The molecule has 16 heavy (non-hydrogen) atoms. The summed E-state index contributed by atoms with van der Waals surface area (Å²) < 4.78 is 0. The van der Waals surface area contributed by atoms with E-state index in [1.54, 1.807) is 0 Å². The van der Waals surface area contributed by atoms with E-state index in [1.807, 2.05) is 0 Å². The highest BCUT2D eigenvalue weighted by atomic mass is 16.3. The fraction of sp³-hybridized carbons (Fsp3) is 1.00. The van der Waals surface area contributed by atoms with Crippen LogP contribution in [0.25, 0.3) is 0 Å². The predicted molar refractivity (Wildman–Crippen MR) is 67.4 cm³/mol. The summed E-state index contributed by atoms with van der Waals surface area (Å²) in [5.41, 5.74) is 0. The van der Waals surface area contributed by atoms with Crippen molar-refractivity contribution in [1.82, 2.24) is 4.90 Å². The standard InChI is InChI=1S/C14H27NO/c1-11(2)12-5-4-9-15(10-8-12)13-6-3-7-14(13)16/h11-14,16H,3-10H2,1-2H3/t12?,13-,14-/m1/s1. The number of aliphatic hydroxyl groups is 1. The lowest BCUT2D eigenvalue weighted by Crippen LogP contribution is -2.41. The SMILES string of the molecule is CC(C)C1CCCN([C@@H]2CCC[C@H]2O)CC1. The Bertz CT molecular complexity index is 217. The molecule has 2 rings (SSSR count). The number of nitrogens with zero attached hydrogens (tertiary/aromatic N) is 1. The van der Waals surface area contributed by atoms with Gasteiger partial charge < -0.3 is 5.11 Å². The first-order valence-electron chi connectivity index (χ1n) is 7.10. The molecule has 1 saturated heterocycles. The van der Waals surface area contributed by atoms with Crippen LogP contribution in [0.3, 0.4) is 0 Å². The molecule has 0 bridgehead atoms. The van der Waals surface area contributed by atoms with Crippen molar-refractivity contribution in [3.63, 3.8) is 0 Å². The molecule has 3 atom stereocenters. The molecule has 0 radical (unpaired) electrons. The molecule has 94 valence electrons. The molecular formula is C14H27NO. The van der Waals surface area contributed by atoms with E-state index in [2.05, 4.69) is 18.7 Å². The quantitative estimate of drug-likeness (QED) is 0.781. The van der Waals surface area contributed by atoms with Gasteiger partial charge in [0.15, 0.2) is 0 Å². The average Bonchev–Trinajstić information content (AvgIpc) is 2.54. The molecule has 2 fully saturated rings. The highest BCUT2D eigenvalue weighted by Crippen LogP contribution is 2.30. The molecule has 1 saturated carbocycles. The van der Waals surface area contributed by atoms with E-state index < -0.39 is 0 Å². The summed E-state index contributed by atoms with van der Waals surface area (Å²) in [5.74, 6) is 1.73. The summed E-state index contributed by atoms with van der Waals surface area (Å²) in [6.07, 6.45) is 7.46. The number of likely N-dealkylation sites (tertiary alicyclic amines) is 1. The molecule has 2 aliphatic rings. The van der Waals surface area contributed by atoms with Gasteiger partial charge in [-0.05, 0) is 63.5 Å². The smallest absolute Gasteiger partial charge is 0.0695 e. The summed E-state index contributed by atoms with van der Waals surface area (Å²) in [4.78, 5) is 2.57. The minimum absolute atomic E-state index is 0.0457. The van der Waals surface area contributed by atoms with E-state index in [4.69, 9.17) is 0 Å². The van der Waals surface area contributed by atoms with Gasteiger partial charge in [0.05, 0.1) is 6.10 Å². The topological polar surface area (TPSA) is 23.5 Å². The second-order valence-corrected chi connectivity index (χ2v) is 6.04. The van der Waals surface area contributed by atoms with Crippen LogP contribution in [-0.4, -0.2) is 35.2 Å². The third kappa shape index (κ3) is 2.78. The molecule has 0 aromatic rings. The molecule has 0 amide bonds. The maximum atomic E-state index is 9.97. The van der Waals surface area contributed by atoms with Gasteiger partial charge in [-0.2, -0.15) is 0 Å². The van der Waals surface area contributed by atoms with Crippen molar-refractivity contribution in [3.05, 3.63) is 0 Å². The molecule has 1 aliphatic heterocycles. The number of hydrogen-bond donors (Lipinski definition) is 1. The molecule has 0 spiro atoms. The second kappa shape index (κ2) is 5.50. The van der Waals surface area contributed by atoms with Crippen molar-refractivity contribution in [2.75, 3.05) is 13.1 Å². The monoisotopic (exact) mass is 225 g/mol. The Balaban J connectivity index is 1.88. The Kier molecular flexibility index (Phi) is 4.26. The molecule has 0 aromatic heterocycles. The first-order valence-corrected chi connectivity index (χ1v) is 7.10. The van der Waals surface area contributed by atoms with Crippen LogP contribution in [0.1, 0.15) is 52.4 Å². The zero-order chi connectivity index (χ0) is 11.5. The van der Waals surface area contributed by atoms with E-state index in [1.165, 1.54) is 45.2 Å². The van der Waals surface area contributed by atoms with Crippen LogP contribution in [0.4, 0.5) is 0 Å².